The summed E-state index contributed by atoms with van der Waals surface area (Å²) < 4.78 is 0. The minimum atomic E-state index is -0.354. The number of carbonyl (C=O) groups is 1. The second kappa shape index (κ2) is 10.7. The van der Waals surface area contributed by atoms with Crippen LogP contribution in [0.3, 0.4) is 0 Å². The van der Waals surface area contributed by atoms with Crippen LogP contribution in [0.5, 0.6) is 0 Å². The molecule has 1 saturated heterocycles. The van der Waals surface area contributed by atoms with Crippen molar-refractivity contribution in [1.82, 2.24) is 9.80 Å². The van der Waals surface area contributed by atoms with E-state index in [4.69, 9.17) is 0 Å². The Morgan fingerprint density at radius 3 is 2.57 bits per heavy atom. The summed E-state index contributed by atoms with van der Waals surface area (Å²) >= 11 is 0. The van der Waals surface area contributed by atoms with Crippen LogP contribution in [-0.2, 0) is 4.79 Å². The Balaban J connectivity index is 1.38. The van der Waals surface area contributed by atoms with Crippen molar-refractivity contribution in [3.8, 4) is 0 Å². The van der Waals surface area contributed by atoms with Crippen molar-refractivity contribution in [2.24, 2.45) is 0 Å². The molecule has 1 fully saturated rings. The standard InChI is InChI=1S/C23H28N4O3/c1-19-6-4-9-21(18-19)24-23(28)11-13-26-16-14-25(15-17-26)12-5-8-20-7-2-3-10-22(20)27(29)30/h2-10,18H,11-17H2,1H3,(H,24,28)/b8-5+. The van der Waals surface area contributed by atoms with Gasteiger partial charge in [0.15, 0.2) is 0 Å². The van der Waals surface area contributed by atoms with Gasteiger partial charge in [-0.15, -0.1) is 0 Å². The van der Waals surface area contributed by atoms with Crippen LogP contribution < -0.4 is 5.32 Å². The Morgan fingerprint density at radius 2 is 1.83 bits per heavy atom. The molecule has 7 nitrogen and oxygen atoms in total. The average Bonchev–Trinajstić information content (AvgIpc) is 2.73. The first kappa shape index (κ1) is 21.7. The first-order valence-electron chi connectivity index (χ1n) is 10.2. The second-order valence-electron chi connectivity index (χ2n) is 7.53. The monoisotopic (exact) mass is 408 g/mol. The number of nitro groups is 1. The lowest BCUT2D eigenvalue weighted by molar-refractivity contribution is -0.385. The SMILES string of the molecule is Cc1cccc(NC(=O)CCN2CCN(C/C=C/c3ccccc3[N+](=O)[O-])CC2)c1. The van der Waals surface area contributed by atoms with Crippen molar-refractivity contribution in [3.63, 3.8) is 0 Å². The molecule has 1 aliphatic rings. The number of carbonyl (C=O) groups excluding carboxylic acids is 1. The third-order valence-electron chi connectivity index (χ3n) is 5.22. The van der Waals surface area contributed by atoms with Crippen molar-refractivity contribution >= 4 is 23.4 Å². The van der Waals surface area contributed by atoms with Crippen LogP contribution in [0.4, 0.5) is 11.4 Å². The lowest BCUT2D eigenvalue weighted by Crippen LogP contribution is -2.46. The van der Waals surface area contributed by atoms with Gasteiger partial charge in [0.2, 0.25) is 5.91 Å². The first-order valence-corrected chi connectivity index (χ1v) is 10.2. The normalized spacial score (nSPS) is 15.4. The Morgan fingerprint density at radius 1 is 1.10 bits per heavy atom. The van der Waals surface area contributed by atoms with E-state index in [9.17, 15) is 14.9 Å². The van der Waals surface area contributed by atoms with Gasteiger partial charge in [-0.2, -0.15) is 0 Å². The summed E-state index contributed by atoms with van der Waals surface area (Å²) in [7, 11) is 0. The van der Waals surface area contributed by atoms with Crippen LogP contribution in [0.2, 0.25) is 0 Å². The molecule has 1 heterocycles. The molecule has 2 aromatic rings. The highest BCUT2D eigenvalue weighted by Gasteiger charge is 2.17. The van der Waals surface area contributed by atoms with E-state index in [1.807, 2.05) is 43.3 Å². The van der Waals surface area contributed by atoms with Gasteiger partial charge in [-0.3, -0.25) is 19.8 Å². The van der Waals surface area contributed by atoms with Gasteiger partial charge in [-0.25, -0.2) is 0 Å². The molecule has 0 aliphatic carbocycles. The molecule has 1 amide bonds. The molecule has 0 atom stereocenters. The van der Waals surface area contributed by atoms with Gasteiger partial charge in [0.1, 0.15) is 0 Å². The van der Waals surface area contributed by atoms with E-state index < -0.39 is 0 Å². The molecule has 1 N–H and O–H groups in total. The Kier molecular flexibility index (Phi) is 7.70. The number of nitro benzene ring substituents is 1. The van der Waals surface area contributed by atoms with E-state index in [0.717, 1.165) is 50.5 Å². The summed E-state index contributed by atoms with van der Waals surface area (Å²) in [6, 6.07) is 14.6. The molecule has 0 saturated carbocycles. The van der Waals surface area contributed by atoms with Gasteiger partial charge in [0.25, 0.3) is 5.69 Å². The van der Waals surface area contributed by atoms with E-state index in [-0.39, 0.29) is 16.5 Å². The number of benzene rings is 2. The minimum absolute atomic E-state index is 0.0374. The van der Waals surface area contributed by atoms with Crippen LogP contribution in [0, 0.1) is 17.0 Å². The summed E-state index contributed by atoms with van der Waals surface area (Å²) in [5, 5.41) is 14.0. The third-order valence-corrected chi connectivity index (χ3v) is 5.22. The molecule has 0 unspecified atom stereocenters. The number of para-hydroxylation sites is 1. The fourth-order valence-corrected chi connectivity index (χ4v) is 3.52. The largest absolute Gasteiger partial charge is 0.326 e. The number of anilines is 1. The molecule has 1 aliphatic heterocycles. The lowest BCUT2D eigenvalue weighted by Gasteiger charge is -2.34. The number of hydrogen-bond donors (Lipinski definition) is 1. The number of aryl methyl sites for hydroxylation is 1. The number of hydrogen-bond acceptors (Lipinski definition) is 5. The van der Waals surface area contributed by atoms with E-state index in [0.29, 0.717) is 12.0 Å². The summed E-state index contributed by atoms with van der Waals surface area (Å²) in [4.78, 5) is 27.5. The van der Waals surface area contributed by atoms with Crippen LogP contribution in [0.15, 0.2) is 54.6 Å². The summed E-state index contributed by atoms with van der Waals surface area (Å²) in [5.41, 5.74) is 2.72. The highest BCUT2D eigenvalue weighted by atomic mass is 16.6. The van der Waals surface area contributed by atoms with Crippen molar-refractivity contribution in [2.45, 2.75) is 13.3 Å². The molecule has 30 heavy (non-hydrogen) atoms. The van der Waals surface area contributed by atoms with Crippen LogP contribution in [0.25, 0.3) is 6.08 Å². The first-order chi connectivity index (χ1) is 14.5. The molecule has 0 radical (unpaired) electrons. The maximum atomic E-state index is 12.2. The molecule has 158 valence electrons. The maximum Gasteiger partial charge on any atom is 0.276 e. The molecular weight excluding hydrogens is 380 g/mol. The predicted molar refractivity (Wildman–Crippen MR) is 119 cm³/mol. The highest BCUT2D eigenvalue weighted by molar-refractivity contribution is 5.90. The van der Waals surface area contributed by atoms with Gasteiger partial charge >= 0.3 is 0 Å². The highest BCUT2D eigenvalue weighted by Crippen LogP contribution is 2.19. The number of nitrogens with one attached hydrogen (secondary N) is 1. The second-order valence-corrected chi connectivity index (χ2v) is 7.53. The summed E-state index contributed by atoms with van der Waals surface area (Å²) in [5.74, 6) is 0.0374. The summed E-state index contributed by atoms with van der Waals surface area (Å²) in [6.45, 7) is 7.17. The minimum Gasteiger partial charge on any atom is -0.326 e. The van der Waals surface area contributed by atoms with Crippen molar-refractivity contribution < 1.29 is 9.72 Å². The van der Waals surface area contributed by atoms with Gasteiger partial charge in [0, 0.05) is 57.4 Å². The van der Waals surface area contributed by atoms with E-state index in [2.05, 4.69) is 15.1 Å². The Bertz CT molecular complexity index is 905. The number of rotatable bonds is 8. The fourth-order valence-electron chi connectivity index (χ4n) is 3.52. The zero-order valence-electron chi connectivity index (χ0n) is 17.3. The van der Waals surface area contributed by atoms with E-state index in [1.54, 1.807) is 18.2 Å². The quantitative estimate of drug-likeness (QED) is 0.534. The van der Waals surface area contributed by atoms with E-state index >= 15 is 0 Å². The van der Waals surface area contributed by atoms with Gasteiger partial charge in [-0.05, 0) is 30.7 Å². The van der Waals surface area contributed by atoms with E-state index in [1.165, 1.54) is 6.07 Å². The van der Waals surface area contributed by atoms with Crippen molar-refractivity contribution in [3.05, 3.63) is 75.8 Å². The van der Waals surface area contributed by atoms with Gasteiger partial charge < -0.3 is 10.2 Å². The molecule has 0 aromatic heterocycles. The topological polar surface area (TPSA) is 78.7 Å². The number of nitrogens with zero attached hydrogens (tertiary/aromatic N) is 3. The van der Waals surface area contributed by atoms with Crippen LogP contribution >= 0.6 is 0 Å². The Hall–Kier alpha value is -3.03. The molecular formula is C23H28N4O3. The molecule has 2 aromatic carbocycles. The Labute approximate surface area is 177 Å². The average molecular weight is 409 g/mol. The molecule has 3 rings (SSSR count). The van der Waals surface area contributed by atoms with Gasteiger partial charge in [-0.1, -0.05) is 36.4 Å². The number of amides is 1. The fraction of sp³-hybridized carbons (Fsp3) is 0.348. The molecule has 7 heteroatoms. The number of piperazine rings is 1. The van der Waals surface area contributed by atoms with Gasteiger partial charge in [0.05, 0.1) is 10.5 Å². The predicted octanol–water partition coefficient (Wildman–Crippen LogP) is 3.56. The van der Waals surface area contributed by atoms with Crippen LogP contribution in [0.1, 0.15) is 17.5 Å². The maximum absolute atomic E-state index is 12.2. The summed E-state index contributed by atoms with van der Waals surface area (Å²) in [6.07, 6.45) is 4.28. The lowest BCUT2D eigenvalue weighted by atomic mass is 10.1. The van der Waals surface area contributed by atoms with Crippen LogP contribution in [-0.4, -0.2) is 59.9 Å². The third kappa shape index (κ3) is 6.50. The van der Waals surface area contributed by atoms with Crippen molar-refractivity contribution in [2.75, 3.05) is 44.6 Å². The molecule has 0 bridgehead atoms. The van der Waals surface area contributed by atoms with Crippen molar-refractivity contribution in [1.29, 1.82) is 0 Å². The smallest absolute Gasteiger partial charge is 0.276 e. The zero-order chi connectivity index (χ0) is 21.3. The zero-order valence-corrected chi connectivity index (χ0v) is 17.3. The molecule has 0 spiro atoms.